The quantitative estimate of drug-likeness (QED) is 0.875. The molecule has 5 heteroatoms. The number of hydrogen-bond donors (Lipinski definition) is 1. The molecule has 0 atom stereocenters. The first-order valence-corrected chi connectivity index (χ1v) is 7.26. The van der Waals surface area contributed by atoms with Crippen molar-refractivity contribution in [3.05, 3.63) is 40.3 Å². The number of ether oxygens (including phenoxy) is 1. The summed E-state index contributed by atoms with van der Waals surface area (Å²) in [7, 11) is 1.42. The molecule has 20 heavy (non-hydrogen) atoms. The number of benzene rings is 1. The van der Waals surface area contributed by atoms with Gasteiger partial charge in [0.15, 0.2) is 0 Å². The number of carbonyl (C=O) groups is 1. The summed E-state index contributed by atoms with van der Waals surface area (Å²) in [5.41, 5.74) is 2.62. The number of esters is 1. The van der Waals surface area contributed by atoms with Crippen molar-refractivity contribution in [2.45, 2.75) is 25.2 Å². The molecule has 0 radical (unpaired) electrons. The normalized spacial score (nSPS) is 15.9. The van der Waals surface area contributed by atoms with Crippen LogP contribution in [0.4, 0.5) is 0 Å². The van der Waals surface area contributed by atoms with Gasteiger partial charge in [0.05, 0.1) is 19.0 Å². The summed E-state index contributed by atoms with van der Waals surface area (Å²) in [6.07, 6.45) is 3.38. The maximum Gasteiger partial charge on any atom is 0.319 e. The molecule has 1 heterocycles. The summed E-state index contributed by atoms with van der Waals surface area (Å²) in [6.45, 7) is 2.05. The van der Waals surface area contributed by atoms with Crippen molar-refractivity contribution < 1.29 is 9.53 Å². The average Bonchev–Trinajstić information content (AvgIpc) is 3.11. The predicted molar refractivity (Wildman–Crippen MR) is 79.4 cm³/mol. The van der Waals surface area contributed by atoms with Crippen LogP contribution in [0.15, 0.2) is 28.9 Å². The van der Waals surface area contributed by atoms with Crippen LogP contribution >= 0.6 is 15.9 Å². The van der Waals surface area contributed by atoms with Crippen molar-refractivity contribution in [1.29, 1.82) is 0 Å². The summed E-state index contributed by atoms with van der Waals surface area (Å²) in [5, 5.41) is 0. The highest BCUT2D eigenvalue weighted by atomic mass is 79.9. The zero-order valence-electron chi connectivity index (χ0n) is 11.4. The van der Waals surface area contributed by atoms with Crippen LogP contribution in [0.5, 0.6) is 0 Å². The highest BCUT2D eigenvalue weighted by Crippen LogP contribution is 2.48. The van der Waals surface area contributed by atoms with E-state index >= 15 is 0 Å². The van der Waals surface area contributed by atoms with Crippen LogP contribution in [0, 0.1) is 6.92 Å². The van der Waals surface area contributed by atoms with Gasteiger partial charge in [-0.05, 0) is 37.5 Å². The van der Waals surface area contributed by atoms with Gasteiger partial charge in [-0.2, -0.15) is 0 Å². The minimum Gasteiger partial charge on any atom is -0.468 e. The average molecular weight is 335 g/mol. The lowest BCUT2D eigenvalue weighted by molar-refractivity contribution is -0.143. The summed E-state index contributed by atoms with van der Waals surface area (Å²) < 4.78 is 5.90. The molecule has 0 spiro atoms. The Morgan fingerprint density at radius 3 is 2.85 bits per heavy atom. The van der Waals surface area contributed by atoms with Gasteiger partial charge in [-0.3, -0.25) is 4.79 Å². The minimum atomic E-state index is -0.549. The van der Waals surface area contributed by atoms with Crippen LogP contribution < -0.4 is 0 Å². The van der Waals surface area contributed by atoms with Crippen LogP contribution in [0.2, 0.25) is 0 Å². The van der Waals surface area contributed by atoms with Crippen LogP contribution in [0.1, 0.15) is 24.2 Å². The van der Waals surface area contributed by atoms with Crippen molar-refractivity contribution in [3.63, 3.8) is 0 Å². The molecule has 1 aromatic carbocycles. The maximum atomic E-state index is 11.9. The molecule has 1 aliphatic rings. The Labute approximate surface area is 125 Å². The van der Waals surface area contributed by atoms with E-state index in [1.165, 1.54) is 7.11 Å². The van der Waals surface area contributed by atoms with Crippen LogP contribution in [-0.2, 0) is 14.9 Å². The molecule has 2 aromatic rings. The largest absolute Gasteiger partial charge is 0.468 e. The molecule has 3 rings (SSSR count). The molecule has 0 unspecified atom stereocenters. The van der Waals surface area contributed by atoms with Gasteiger partial charge >= 0.3 is 5.97 Å². The predicted octanol–water partition coefficient (Wildman–Crippen LogP) is 3.35. The Morgan fingerprint density at radius 1 is 1.45 bits per heavy atom. The van der Waals surface area contributed by atoms with Gasteiger partial charge in [0.2, 0.25) is 0 Å². The molecule has 0 saturated heterocycles. The number of H-pyrrole nitrogens is 1. The number of imidazole rings is 1. The fraction of sp³-hybridized carbons (Fsp3) is 0.333. The molecule has 4 nitrogen and oxygen atoms in total. The van der Waals surface area contributed by atoms with Gasteiger partial charge in [0, 0.05) is 10.0 Å². The number of halogens is 1. The number of nitrogens with one attached hydrogen (secondary N) is 1. The minimum absolute atomic E-state index is 0.204. The number of rotatable bonds is 3. The Hall–Kier alpha value is -1.62. The smallest absolute Gasteiger partial charge is 0.319 e. The summed E-state index contributed by atoms with van der Waals surface area (Å²) in [6, 6.07) is 6.10. The van der Waals surface area contributed by atoms with Gasteiger partial charge in [0.1, 0.15) is 11.2 Å². The standard InChI is InChI=1S/C15H15BrN2O2/c1-9-3-4-10(16)7-11(9)12-8-17-13(18-12)15(5-6-15)14(19)20-2/h3-4,7-8H,5-6H2,1-2H3,(H,17,18). The first-order valence-electron chi connectivity index (χ1n) is 6.47. The second-order valence-electron chi connectivity index (χ2n) is 5.18. The molecule has 0 bridgehead atoms. The number of aryl methyl sites for hydroxylation is 1. The van der Waals surface area contributed by atoms with E-state index in [1.807, 2.05) is 18.2 Å². The van der Waals surface area contributed by atoms with E-state index in [4.69, 9.17) is 4.74 Å². The molecule has 1 N–H and O–H groups in total. The number of hydrogen-bond acceptors (Lipinski definition) is 3. The van der Waals surface area contributed by atoms with Crippen LogP contribution in [0.25, 0.3) is 11.3 Å². The summed E-state index contributed by atoms with van der Waals surface area (Å²) in [4.78, 5) is 19.6. The Bertz CT molecular complexity index is 674. The Morgan fingerprint density at radius 2 is 2.20 bits per heavy atom. The zero-order valence-corrected chi connectivity index (χ0v) is 13.0. The molecular weight excluding hydrogens is 320 g/mol. The Balaban J connectivity index is 1.99. The van der Waals surface area contributed by atoms with Gasteiger partial charge < -0.3 is 9.72 Å². The van der Waals surface area contributed by atoms with E-state index in [9.17, 15) is 4.79 Å². The molecule has 1 saturated carbocycles. The lowest BCUT2D eigenvalue weighted by atomic mass is 10.1. The molecule has 104 valence electrons. The van der Waals surface area contributed by atoms with Crippen molar-refractivity contribution in [1.82, 2.24) is 9.97 Å². The topological polar surface area (TPSA) is 55.0 Å². The lowest BCUT2D eigenvalue weighted by Gasteiger charge is -2.09. The second kappa shape index (κ2) is 4.74. The highest BCUT2D eigenvalue weighted by molar-refractivity contribution is 9.10. The molecular formula is C15H15BrN2O2. The third kappa shape index (κ3) is 2.06. The van der Waals surface area contributed by atoms with E-state index in [0.29, 0.717) is 5.82 Å². The summed E-state index contributed by atoms with van der Waals surface area (Å²) in [5.74, 6) is 0.503. The van der Waals surface area contributed by atoms with E-state index in [2.05, 4.69) is 32.8 Å². The van der Waals surface area contributed by atoms with E-state index in [-0.39, 0.29) is 5.97 Å². The number of aromatic nitrogens is 2. The van der Waals surface area contributed by atoms with Crippen molar-refractivity contribution in [3.8, 4) is 11.3 Å². The molecule has 1 fully saturated rings. The first kappa shape index (κ1) is 13.4. The van der Waals surface area contributed by atoms with Gasteiger partial charge in [-0.25, -0.2) is 4.98 Å². The van der Waals surface area contributed by atoms with Crippen molar-refractivity contribution in [2.24, 2.45) is 0 Å². The fourth-order valence-electron chi connectivity index (χ4n) is 2.44. The van der Waals surface area contributed by atoms with E-state index < -0.39 is 5.41 Å². The molecule has 1 aromatic heterocycles. The third-order valence-corrected chi connectivity index (χ3v) is 4.34. The monoisotopic (exact) mass is 334 g/mol. The number of methoxy groups -OCH3 is 1. The lowest BCUT2D eigenvalue weighted by Crippen LogP contribution is -2.23. The summed E-state index contributed by atoms with van der Waals surface area (Å²) >= 11 is 3.48. The van der Waals surface area contributed by atoms with Crippen LogP contribution in [0.3, 0.4) is 0 Å². The maximum absolute atomic E-state index is 11.9. The molecule has 1 aliphatic carbocycles. The first-order chi connectivity index (χ1) is 9.56. The number of nitrogens with zero attached hydrogens (tertiary/aromatic N) is 1. The number of carbonyl (C=O) groups excluding carboxylic acids is 1. The third-order valence-electron chi connectivity index (χ3n) is 3.85. The van der Waals surface area contributed by atoms with Crippen LogP contribution in [-0.4, -0.2) is 23.0 Å². The Kier molecular flexibility index (Phi) is 3.17. The van der Waals surface area contributed by atoms with E-state index in [0.717, 1.165) is 34.1 Å². The van der Waals surface area contributed by atoms with Gasteiger partial charge in [-0.1, -0.05) is 22.0 Å². The SMILES string of the molecule is COC(=O)C1(c2ncc(-c3cc(Br)ccc3C)[nH]2)CC1. The number of aromatic amines is 1. The highest BCUT2D eigenvalue weighted by Gasteiger charge is 2.55. The fourth-order valence-corrected chi connectivity index (χ4v) is 2.80. The van der Waals surface area contributed by atoms with Crippen molar-refractivity contribution in [2.75, 3.05) is 7.11 Å². The zero-order chi connectivity index (χ0) is 14.3. The van der Waals surface area contributed by atoms with Crippen molar-refractivity contribution >= 4 is 21.9 Å². The molecule has 0 aliphatic heterocycles. The molecule has 0 amide bonds. The second-order valence-corrected chi connectivity index (χ2v) is 6.09. The van der Waals surface area contributed by atoms with E-state index in [1.54, 1.807) is 6.20 Å². The van der Waals surface area contributed by atoms with Gasteiger partial charge in [-0.15, -0.1) is 0 Å². The van der Waals surface area contributed by atoms with Gasteiger partial charge in [0.25, 0.3) is 0 Å².